The highest BCUT2D eigenvalue weighted by molar-refractivity contribution is 9.10. The maximum atomic E-state index is 10.4. The van der Waals surface area contributed by atoms with Crippen LogP contribution in [0.1, 0.15) is 10.6 Å². The fourth-order valence-corrected chi connectivity index (χ4v) is 1.16. The Balaban J connectivity index is 2.92. The molecule has 0 unspecified atom stereocenters. The van der Waals surface area contributed by atoms with Gasteiger partial charge in [-0.1, -0.05) is 0 Å². The van der Waals surface area contributed by atoms with Crippen molar-refractivity contribution in [2.75, 3.05) is 7.11 Å². The van der Waals surface area contributed by atoms with Crippen molar-refractivity contribution in [1.29, 1.82) is 0 Å². The van der Waals surface area contributed by atoms with E-state index in [-0.39, 0.29) is 0 Å². The van der Waals surface area contributed by atoms with Gasteiger partial charge in [0.2, 0.25) is 0 Å². The number of nitrogens with zero attached hydrogens (tertiary/aromatic N) is 2. The molecule has 4 nitrogen and oxygen atoms in total. The zero-order valence-electron chi connectivity index (χ0n) is 5.95. The summed E-state index contributed by atoms with van der Waals surface area (Å²) in [6, 6.07) is 0. The lowest BCUT2D eigenvalue weighted by Crippen LogP contribution is -2.02. The molecule has 0 saturated carbocycles. The number of carbonyl (C=O) groups excluding carboxylic acids is 1. The number of rotatable bonds is 3. The molecule has 1 aromatic heterocycles. The first-order valence-electron chi connectivity index (χ1n) is 2.94. The van der Waals surface area contributed by atoms with Gasteiger partial charge in [-0.2, -0.15) is 0 Å². The van der Waals surface area contributed by atoms with Crippen molar-refractivity contribution >= 4 is 22.2 Å². The molecular weight excluding hydrogens is 212 g/mol. The van der Waals surface area contributed by atoms with Crippen LogP contribution in [0.25, 0.3) is 0 Å². The summed E-state index contributed by atoms with van der Waals surface area (Å²) in [5.41, 5.74) is 0. The van der Waals surface area contributed by atoms with Gasteiger partial charge >= 0.3 is 0 Å². The highest BCUT2D eigenvalue weighted by Gasteiger charge is 2.02. The molecule has 1 rings (SSSR count). The molecule has 1 aromatic rings. The average molecular weight is 219 g/mol. The van der Waals surface area contributed by atoms with E-state index in [1.54, 1.807) is 17.9 Å². The van der Waals surface area contributed by atoms with Crippen molar-refractivity contribution in [1.82, 2.24) is 9.55 Å². The first-order chi connectivity index (χ1) is 5.27. The van der Waals surface area contributed by atoms with E-state index in [1.807, 2.05) is 0 Å². The minimum absolute atomic E-state index is 0.340. The predicted molar refractivity (Wildman–Crippen MR) is 42.3 cm³/mol. The third kappa shape index (κ3) is 1.87. The molecule has 0 saturated heterocycles. The third-order valence-corrected chi connectivity index (χ3v) is 1.53. The van der Waals surface area contributed by atoms with Crippen LogP contribution in [0.3, 0.4) is 0 Å². The lowest BCUT2D eigenvalue weighted by atomic mass is 10.7. The molecule has 0 fully saturated rings. The smallest absolute Gasteiger partial charge is 0.185 e. The number of hydrogen-bond donors (Lipinski definition) is 0. The molecular formula is C6H7BrN2O2. The van der Waals surface area contributed by atoms with Gasteiger partial charge in [0.05, 0.1) is 0 Å². The predicted octanol–water partition coefficient (Wildman–Crippen LogP) is 1.06. The van der Waals surface area contributed by atoms with Crippen LogP contribution in [-0.2, 0) is 11.5 Å². The molecule has 5 heteroatoms. The quantitative estimate of drug-likeness (QED) is 0.714. The van der Waals surface area contributed by atoms with Gasteiger partial charge in [-0.3, -0.25) is 4.79 Å². The largest absolute Gasteiger partial charge is 0.364 e. The van der Waals surface area contributed by atoms with E-state index in [0.29, 0.717) is 23.4 Å². The average Bonchev–Trinajstić information content (AvgIpc) is 2.32. The molecule has 60 valence electrons. The summed E-state index contributed by atoms with van der Waals surface area (Å²) in [5.74, 6) is 0.360. The van der Waals surface area contributed by atoms with Crippen molar-refractivity contribution in [2.45, 2.75) is 6.73 Å². The van der Waals surface area contributed by atoms with E-state index in [2.05, 4.69) is 20.9 Å². The second kappa shape index (κ2) is 3.64. The SMILES string of the molecule is COCn1cc(Br)nc1C=O. The van der Waals surface area contributed by atoms with Gasteiger partial charge < -0.3 is 9.30 Å². The fourth-order valence-electron chi connectivity index (χ4n) is 0.734. The summed E-state index contributed by atoms with van der Waals surface area (Å²) >= 11 is 3.15. The molecule has 11 heavy (non-hydrogen) atoms. The normalized spacial score (nSPS) is 10.0. The summed E-state index contributed by atoms with van der Waals surface area (Å²) in [6.45, 7) is 0.340. The van der Waals surface area contributed by atoms with Crippen LogP contribution in [0.5, 0.6) is 0 Å². The zero-order chi connectivity index (χ0) is 8.27. The lowest BCUT2D eigenvalue weighted by Gasteiger charge is -1.99. The number of methoxy groups -OCH3 is 1. The standard InChI is InChI=1S/C6H7BrN2O2/c1-11-4-9-2-5(7)8-6(9)3-10/h2-3H,4H2,1H3. The Kier molecular flexibility index (Phi) is 2.78. The second-order valence-electron chi connectivity index (χ2n) is 1.93. The second-order valence-corrected chi connectivity index (χ2v) is 2.74. The van der Waals surface area contributed by atoms with Gasteiger partial charge in [0.15, 0.2) is 12.1 Å². The Morgan fingerprint density at radius 3 is 3.18 bits per heavy atom. The van der Waals surface area contributed by atoms with Gasteiger partial charge in [-0.15, -0.1) is 0 Å². The summed E-state index contributed by atoms with van der Waals surface area (Å²) in [6.07, 6.45) is 2.37. The monoisotopic (exact) mass is 218 g/mol. The van der Waals surface area contributed by atoms with Crippen molar-refractivity contribution in [3.63, 3.8) is 0 Å². The molecule has 0 spiro atoms. The van der Waals surface area contributed by atoms with Gasteiger partial charge in [0, 0.05) is 13.3 Å². The molecule has 1 heterocycles. The van der Waals surface area contributed by atoms with E-state index in [9.17, 15) is 4.79 Å². The van der Waals surface area contributed by atoms with Crippen LogP contribution in [0.15, 0.2) is 10.8 Å². The zero-order valence-corrected chi connectivity index (χ0v) is 7.54. The third-order valence-electron chi connectivity index (χ3n) is 1.15. The molecule has 0 amide bonds. The molecule has 0 aliphatic carbocycles. The first-order valence-corrected chi connectivity index (χ1v) is 3.74. The molecule has 0 aliphatic heterocycles. The van der Waals surface area contributed by atoms with Crippen LogP contribution in [0, 0.1) is 0 Å². The summed E-state index contributed by atoms with van der Waals surface area (Å²) < 4.78 is 7.07. The lowest BCUT2D eigenvalue weighted by molar-refractivity contribution is 0.106. The van der Waals surface area contributed by atoms with Crippen LogP contribution in [0.2, 0.25) is 0 Å². The van der Waals surface area contributed by atoms with Crippen molar-refractivity contribution in [3.8, 4) is 0 Å². The van der Waals surface area contributed by atoms with Crippen LogP contribution < -0.4 is 0 Å². The maximum absolute atomic E-state index is 10.4. The molecule has 0 aliphatic rings. The highest BCUT2D eigenvalue weighted by Crippen LogP contribution is 2.07. The van der Waals surface area contributed by atoms with Gasteiger partial charge in [0.1, 0.15) is 11.3 Å². The van der Waals surface area contributed by atoms with E-state index >= 15 is 0 Å². The number of carbonyl (C=O) groups is 1. The number of ether oxygens (including phenoxy) is 1. The summed E-state index contributed by atoms with van der Waals surface area (Å²) in [5, 5.41) is 0. The van der Waals surface area contributed by atoms with E-state index in [4.69, 9.17) is 4.74 Å². The molecule has 0 atom stereocenters. The topological polar surface area (TPSA) is 44.1 Å². The van der Waals surface area contributed by atoms with E-state index < -0.39 is 0 Å². The summed E-state index contributed by atoms with van der Waals surface area (Å²) in [7, 11) is 1.56. The van der Waals surface area contributed by atoms with Crippen molar-refractivity contribution in [2.24, 2.45) is 0 Å². The fraction of sp³-hybridized carbons (Fsp3) is 0.333. The van der Waals surface area contributed by atoms with Crippen LogP contribution >= 0.6 is 15.9 Å². The van der Waals surface area contributed by atoms with Gasteiger partial charge in [-0.25, -0.2) is 4.98 Å². The number of aldehydes is 1. The van der Waals surface area contributed by atoms with E-state index in [1.165, 1.54) is 0 Å². The first kappa shape index (κ1) is 8.42. The number of aromatic nitrogens is 2. The summed E-state index contributed by atoms with van der Waals surface area (Å²) in [4.78, 5) is 14.2. The Hall–Kier alpha value is -0.680. The minimum atomic E-state index is 0.340. The number of hydrogen-bond acceptors (Lipinski definition) is 3. The Morgan fingerprint density at radius 2 is 2.64 bits per heavy atom. The molecule has 0 radical (unpaired) electrons. The Labute approximate surface area is 72.3 Å². The molecule has 0 aromatic carbocycles. The molecule has 0 N–H and O–H groups in total. The molecule has 0 bridgehead atoms. The Morgan fingerprint density at radius 1 is 1.91 bits per heavy atom. The van der Waals surface area contributed by atoms with Crippen molar-refractivity contribution < 1.29 is 9.53 Å². The van der Waals surface area contributed by atoms with Crippen LogP contribution in [-0.4, -0.2) is 22.9 Å². The van der Waals surface area contributed by atoms with Crippen LogP contribution in [0.4, 0.5) is 0 Å². The maximum Gasteiger partial charge on any atom is 0.185 e. The Bertz CT molecular complexity index is 259. The van der Waals surface area contributed by atoms with E-state index in [0.717, 1.165) is 0 Å². The van der Waals surface area contributed by atoms with Gasteiger partial charge in [-0.05, 0) is 15.9 Å². The highest BCUT2D eigenvalue weighted by atomic mass is 79.9. The number of halogens is 1. The minimum Gasteiger partial charge on any atom is -0.364 e. The number of imidazole rings is 1. The van der Waals surface area contributed by atoms with Crippen molar-refractivity contribution in [3.05, 3.63) is 16.6 Å². The van der Waals surface area contributed by atoms with Gasteiger partial charge in [0.25, 0.3) is 0 Å².